The van der Waals surface area contributed by atoms with Crippen LogP contribution in [0.3, 0.4) is 0 Å². The van der Waals surface area contributed by atoms with Crippen molar-refractivity contribution in [3.63, 3.8) is 0 Å². The number of aliphatic hydroxyl groups excluding tert-OH is 1. The van der Waals surface area contributed by atoms with Gasteiger partial charge in [-0.1, -0.05) is 13.8 Å². The van der Waals surface area contributed by atoms with Crippen molar-refractivity contribution >= 4 is 0 Å². The van der Waals surface area contributed by atoms with E-state index in [-0.39, 0.29) is 12.5 Å². The molecule has 0 spiro atoms. The van der Waals surface area contributed by atoms with Crippen LogP contribution in [0.2, 0.25) is 0 Å². The second kappa shape index (κ2) is 5.56. The van der Waals surface area contributed by atoms with Gasteiger partial charge in [-0.15, -0.1) is 0 Å². The van der Waals surface area contributed by atoms with Gasteiger partial charge >= 0.3 is 0 Å². The van der Waals surface area contributed by atoms with E-state index in [0.717, 1.165) is 12.8 Å². The Bertz CT molecular complexity index is 89.6. The summed E-state index contributed by atoms with van der Waals surface area (Å²) in [4.78, 5) is 2.10. The van der Waals surface area contributed by atoms with Gasteiger partial charge in [-0.2, -0.15) is 0 Å². The predicted octanol–water partition coefficient (Wildman–Crippen LogP) is 0.973. The minimum absolute atomic E-state index is 0.210. The zero-order chi connectivity index (χ0) is 8.85. The molecule has 0 saturated carbocycles. The molecule has 0 aliphatic rings. The normalized spacial score (nSPS) is 16.9. The Labute approximate surface area is 70.2 Å². The molecule has 2 nitrogen and oxygen atoms in total. The van der Waals surface area contributed by atoms with Crippen LogP contribution in [0.15, 0.2) is 0 Å². The van der Waals surface area contributed by atoms with Crippen molar-refractivity contribution in [1.82, 2.24) is 4.90 Å². The molecule has 1 N–H and O–H groups in total. The molecule has 0 aromatic carbocycles. The standard InChI is InChI=1S/C9H19NO/c1-5-8(7-11)9(6-2)10(3)4/h8-9,11H,1-2,5-7H2,3-4H3. The van der Waals surface area contributed by atoms with E-state index in [1.165, 1.54) is 0 Å². The number of rotatable bonds is 5. The smallest absolute Gasteiger partial charge is 0.0474 e. The maximum atomic E-state index is 8.98. The van der Waals surface area contributed by atoms with Crippen LogP contribution in [0.5, 0.6) is 0 Å². The van der Waals surface area contributed by atoms with Gasteiger partial charge in [0.15, 0.2) is 0 Å². The fourth-order valence-electron chi connectivity index (χ4n) is 1.32. The maximum Gasteiger partial charge on any atom is 0.0474 e. The molecule has 0 fully saturated rings. The molecule has 2 heteroatoms. The highest BCUT2D eigenvalue weighted by molar-refractivity contribution is 4.77. The van der Waals surface area contributed by atoms with Crippen LogP contribution in [0.1, 0.15) is 12.8 Å². The summed E-state index contributed by atoms with van der Waals surface area (Å²) in [6.45, 7) is 7.85. The Hall–Kier alpha value is -0.0800. The van der Waals surface area contributed by atoms with E-state index in [2.05, 4.69) is 18.7 Å². The fraction of sp³-hybridized carbons (Fsp3) is 0.778. The molecule has 0 bridgehead atoms. The molecule has 0 aromatic heterocycles. The molecule has 2 atom stereocenters. The number of aliphatic hydroxyl groups is 1. The minimum atomic E-state index is 0.210. The molecule has 0 heterocycles. The fourth-order valence-corrected chi connectivity index (χ4v) is 1.32. The molecule has 2 unspecified atom stereocenters. The lowest BCUT2D eigenvalue weighted by Crippen LogP contribution is -2.36. The number of hydrogen-bond acceptors (Lipinski definition) is 2. The maximum absolute atomic E-state index is 8.98. The van der Waals surface area contributed by atoms with Crippen LogP contribution in [0, 0.1) is 19.8 Å². The number of hydrogen-bond donors (Lipinski definition) is 1. The highest BCUT2D eigenvalue weighted by Crippen LogP contribution is 2.14. The Morgan fingerprint density at radius 2 is 1.82 bits per heavy atom. The third-order valence-corrected chi connectivity index (χ3v) is 2.11. The van der Waals surface area contributed by atoms with Crippen LogP contribution in [-0.4, -0.2) is 36.8 Å². The topological polar surface area (TPSA) is 23.5 Å². The number of nitrogens with zero attached hydrogens (tertiary/aromatic N) is 1. The van der Waals surface area contributed by atoms with Crippen LogP contribution >= 0.6 is 0 Å². The van der Waals surface area contributed by atoms with E-state index in [4.69, 9.17) is 5.11 Å². The molecule has 0 saturated heterocycles. The quantitative estimate of drug-likeness (QED) is 0.643. The van der Waals surface area contributed by atoms with Gasteiger partial charge in [-0.3, -0.25) is 0 Å². The molecule has 66 valence electrons. The Balaban J connectivity index is 3.98. The van der Waals surface area contributed by atoms with E-state index in [1.54, 1.807) is 0 Å². The Kier molecular flexibility index (Phi) is 5.51. The largest absolute Gasteiger partial charge is 0.396 e. The lowest BCUT2D eigenvalue weighted by atomic mass is 9.95. The van der Waals surface area contributed by atoms with Gasteiger partial charge in [-0.05, 0) is 32.9 Å². The third kappa shape index (κ3) is 3.21. The summed E-state index contributed by atoms with van der Waals surface area (Å²) in [5.74, 6) is 0.266. The third-order valence-electron chi connectivity index (χ3n) is 2.11. The lowest BCUT2D eigenvalue weighted by Gasteiger charge is -2.29. The van der Waals surface area contributed by atoms with Crippen molar-refractivity contribution in [3.05, 3.63) is 13.8 Å². The molecule has 0 aromatic rings. The first-order valence-corrected chi connectivity index (χ1v) is 4.03. The average Bonchev–Trinajstić information content (AvgIpc) is 1.99. The zero-order valence-corrected chi connectivity index (χ0v) is 7.58. The summed E-state index contributed by atoms with van der Waals surface area (Å²) in [6, 6.07) is 0.359. The summed E-state index contributed by atoms with van der Waals surface area (Å²) < 4.78 is 0. The Morgan fingerprint density at radius 3 is 1.91 bits per heavy atom. The first-order valence-electron chi connectivity index (χ1n) is 4.03. The van der Waals surface area contributed by atoms with Gasteiger partial charge in [-0.25, -0.2) is 0 Å². The second-order valence-corrected chi connectivity index (χ2v) is 3.05. The lowest BCUT2D eigenvalue weighted by molar-refractivity contribution is 0.135. The molecule has 0 amide bonds. The molecular formula is C9H19NO. The monoisotopic (exact) mass is 157 g/mol. The van der Waals surface area contributed by atoms with Crippen LogP contribution in [-0.2, 0) is 0 Å². The molecular weight excluding hydrogens is 138 g/mol. The summed E-state index contributed by atoms with van der Waals surface area (Å²) >= 11 is 0. The van der Waals surface area contributed by atoms with E-state index in [9.17, 15) is 0 Å². The first-order chi connectivity index (χ1) is 5.17. The molecule has 0 rings (SSSR count). The van der Waals surface area contributed by atoms with Crippen molar-refractivity contribution < 1.29 is 5.11 Å². The highest BCUT2D eigenvalue weighted by Gasteiger charge is 2.18. The van der Waals surface area contributed by atoms with Gasteiger partial charge in [0.25, 0.3) is 0 Å². The van der Waals surface area contributed by atoms with E-state index in [0.29, 0.717) is 6.04 Å². The Morgan fingerprint density at radius 1 is 1.27 bits per heavy atom. The van der Waals surface area contributed by atoms with Gasteiger partial charge in [0, 0.05) is 12.6 Å². The summed E-state index contributed by atoms with van der Waals surface area (Å²) in [6.07, 6.45) is 1.60. The summed E-state index contributed by atoms with van der Waals surface area (Å²) in [5.41, 5.74) is 0. The van der Waals surface area contributed by atoms with Crippen LogP contribution in [0.25, 0.3) is 0 Å². The zero-order valence-electron chi connectivity index (χ0n) is 7.58. The molecule has 11 heavy (non-hydrogen) atoms. The van der Waals surface area contributed by atoms with Gasteiger partial charge < -0.3 is 10.0 Å². The molecule has 0 aliphatic heterocycles. The second-order valence-electron chi connectivity index (χ2n) is 3.05. The van der Waals surface area contributed by atoms with Crippen molar-refractivity contribution in [3.8, 4) is 0 Å². The summed E-state index contributed by atoms with van der Waals surface area (Å²) in [7, 11) is 4.02. The van der Waals surface area contributed by atoms with E-state index < -0.39 is 0 Å². The van der Waals surface area contributed by atoms with E-state index in [1.807, 2.05) is 14.1 Å². The van der Waals surface area contributed by atoms with Crippen LogP contribution in [0.4, 0.5) is 0 Å². The SMILES string of the molecule is [CH2]CC(CO)C(C[CH2])N(C)C. The summed E-state index contributed by atoms with van der Waals surface area (Å²) in [5, 5.41) is 8.98. The van der Waals surface area contributed by atoms with Crippen molar-refractivity contribution in [2.24, 2.45) is 5.92 Å². The highest BCUT2D eigenvalue weighted by atomic mass is 16.3. The van der Waals surface area contributed by atoms with Crippen molar-refractivity contribution in [2.45, 2.75) is 18.9 Å². The predicted molar refractivity (Wildman–Crippen MR) is 48.0 cm³/mol. The average molecular weight is 157 g/mol. The van der Waals surface area contributed by atoms with Gasteiger partial charge in [0.2, 0.25) is 0 Å². The van der Waals surface area contributed by atoms with Crippen LogP contribution < -0.4 is 0 Å². The first kappa shape index (κ1) is 10.9. The van der Waals surface area contributed by atoms with E-state index >= 15 is 0 Å². The van der Waals surface area contributed by atoms with Gasteiger partial charge in [0.05, 0.1) is 0 Å². The molecule has 2 radical (unpaired) electrons. The van der Waals surface area contributed by atoms with Crippen molar-refractivity contribution in [1.29, 1.82) is 0 Å². The minimum Gasteiger partial charge on any atom is -0.396 e. The van der Waals surface area contributed by atoms with Gasteiger partial charge in [0.1, 0.15) is 0 Å². The molecule has 0 aliphatic carbocycles. The van der Waals surface area contributed by atoms with Crippen molar-refractivity contribution in [2.75, 3.05) is 20.7 Å².